The number of halogens is 2. The molecule has 19 heavy (non-hydrogen) atoms. The number of carbonyl (C=O) groups is 1. The molecule has 0 saturated carbocycles. The van der Waals surface area contributed by atoms with Crippen LogP contribution < -0.4 is 0 Å². The third kappa shape index (κ3) is 2.35. The number of amides is 2. The van der Waals surface area contributed by atoms with Gasteiger partial charge in [-0.2, -0.15) is 0 Å². The first-order chi connectivity index (χ1) is 8.86. The van der Waals surface area contributed by atoms with Crippen molar-refractivity contribution in [1.29, 1.82) is 0 Å². The molecule has 1 atom stereocenters. The largest absolute Gasteiger partial charge is 0.363 e. The quantitative estimate of drug-likeness (QED) is 0.820. The van der Waals surface area contributed by atoms with Crippen molar-refractivity contribution >= 4 is 12.3 Å². The number of carbonyl (C=O) groups excluding carboxylic acids is 2. The van der Waals surface area contributed by atoms with Crippen LogP contribution >= 0.6 is 0 Å². The van der Waals surface area contributed by atoms with E-state index in [0.717, 1.165) is 17.0 Å². The first-order valence-electron chi connectivity index (χ1n) is 5.65. The van der Waals surface area contributed by atoms with Gasteiger partial charge >= 0.3 is 6.41 Å². The Balaban J connectivity index is 2.49. The molecule has 1 aliphatic rings. The van der Waals surface area contributed by atoms with Gasteiger partial charge in [-0.1, -0.05) is 6.07 Å². The van der Waals surface area contributed by atoms with E-state index in [0.29, 0.717) is 0 Å². The maximum absolute atomic E-state index is 13.3. The molecule has 1 aromatic rings. The second-order valence-corrected chi connectivity index (χ2v) is 4.82. The van der Waals surface area contributed by atoms with Crippen LogP contribution in [0.1, 0.15) is 25.5 Å². The van der Waals surface area contributed by atoms with Crippen LogP contribution in [0.3, 0.4) is 0 Å². The Kier molecular flexibility index (Phi) is 3.36. The number of rotatable bonds is 2. The lowest BCUT2D eigenvalue weighted by molar-refractivity contribution is -0.163. The minimum atomic E-state index is -1.04. The molecule has 101 valence electrons. The lowest BCUT2D eigenvalue weighted by Gasteiger charge is -2.43. The molecule has 1 saturated heterocycles. The van der Waals surface area contributed by atoms with Gasteiger partial charge in [0.1, 0.15) is 6.61 Å². The predicted molar refractivity (Wildman–Crippen MR) is 61.7 cm³/mol. The molecule has 2 amide bonds. The molecule has 0 spiro atoms. The van der Waals surface area contributed by atoms with Crippen LogP contribution in [0.15, 0.2) is 18.2 Å². The summed E-state index contributed by atoms with van der Waals surface area (Å²) >= 11 is 0. The average Bonchev–Trinajstić information content (AvgIpc) is 2.35. The Bertz CT molecular complexity index is 531. The second kappa shape index (κ2) is 4.70. The summed E-state index contributed by atoms with van der Waals surface area (Å²) in [4.78, 5) is 23.4. The first kappa shape index (κ1) is 13.6. The number of morpholine rings is 1. The molecule has 0 aliphatic carbocycles. The molecule has 2 rings (SSSR count). The van der Waals surface area contributed by atoms with Gasteiger partial charge in [-0.25, -0.2) is 8.78 Å². The van der Waals surface area contributed by atoms with Crippen LogP contribution in [0, 0.1) is 11.6 Å². The molecule has 1 fully saturated rings. The summed E-state index contributed by atoms with van der Waals surface area (Å²) in [5, 5.41) is 0. The molecular formula is C13H12F2NO3. The summed E-state index contributed by atoms with van der Waals surface area (Å²) in [7, 11) is 0. The fourth-order valence-electron chi connectivity index (χ4n) is 2.19. The summed E-state index contributed by atoms with van der Waals surface area (Å²) in [5.74, 6) is -2.60. The number of hydrogen-bond acceptors (Lipinski definition) is 3. The summed E-state index contributed by atoms with van der Waals surface area (Å²) in [5.41, 5.74) is -0.629. The van der Waals surface area contributed by atoms with Crippen LogP contribution in [0.25, 0.3) is 0 Å². The summed E-state index contributed by atoms with van der Waals surface area (Å²) < 4.78 is 31.6. The molecule has 1 aromatic carbocycles. The minimum absolute atomic E-state index is 0.248. The lowest BCUT2D eigenvalue weighted by Crippen LogP contribution is -2.53. The number of nitrogens with zero attached hydrogens (tertiary/aromatic N) is 1. The van der Waals surface area contributed by atoms with Crippen molar-refractivity contribution in [1.82, 2.24) is 4.90 Å². The zero-order valence-electron chi connectivity index (χ0n) is 10.4. The highest BCUT2D eigenvalue weighted by Gasteiger charge is 2.44. The Labute approximate surface area is 109 Å². The highest BCUT2D eigenvalue weighted by molar-refractivity contribution is 5.88. The Morgan fingerprint density at radius 2 is 2.05 bits per heavy atom. The Morgan fingerprint density at radius 3 is 2.63 bits per heavy atom. The number of imide groups is 1. The molecular weight excluding hydrogens is 256 g/mol. The molecule has 1 radical (unpaired) electrons. The zero-order chi connectivity index (χ0) is 14.2. The standard InChI is InChI=1S/C13H12F2NO3/c1-13(2)12(16(7-17)11(18)6-19-13)8-3-4-9(14)10(15)5-8/h3-5,12H,6H2,1-2H3. The Hall–Kier alpha value is -1.82. The van der Waals surface area contributed by atoms with Crippen molar-refractivity contribution in [2.75, 3.05) is 6.61 Å². The summed E-state index contributed by atoms with van der Waals surface area (Å²) in [6.07, 6.45) is 1.53. The van der Waals surface area contributed by atoms with Gasteiger partial charge in [0.25, 0.3) is 5.91 Å². The van der Waals surface area contributed by atoms with Crippen LogP contribution in [-0.4, -0.2) is 29.4 Å². The molecule has 0 aromatic heterocycles. The van der Waals surface area contributed by atoms with E-state index in [1.807, 2.05) is 0 Å². The van der Waals surface area contributed by atoms with Crippen LogP contribution in [0.5, 0.6) is 0 Å². The van der Waals surface area contributed by atoms with Crippen LogP contribution in [0.2, 0.25) is 0 Å². The van der Waals surface area contributed by atoms with Gasteiger partial charge < -0.3 is 4.74 Å². The van der Waals surface area contributed by atoms with Crippen LogP contribution in [0.4, 0.5) is 8.78 Å². The van der Waals surface area contributed by atoms with Crippen molar-refractivity contribution in [2.24, 2.45) is 0 Å². The molecule has 6 heteroatoms. The van der Waals surface area contributed by atoms with E-state index >= 15 is 0 Å². The summed E-state index contributed by atoms with van der Waals surface area (Å²) in [6, 6.07) is 2.37. The van der Waals surface area contributed by atoms with Gasteiger partial charge in [-0.3, -0.25) is 14.5 Å². The van der Waals surface area contributed by atoms with E-state index in [9.17, 15) is 18.4 Å². The maximum atomic E-state index is 13.3. The van der Waals surface area contributed by atoms with Crippen molar-refractivity contribution in [3.8, 4) is 0 Å². The highest BCUT2D eigenvalue weighted by Crippen LogP contribution is 2.37. The predicted octanol–water partition coefficient (Wildman–Crippen LogP) is 1.71. The number of ether oxygens (including phenoxy) is 1. The van der Waals surface area contributed by atoms with Gasteiger partial charge in [0.05, 0.1) is 11.6 Å². The minimum Gasteiger partial charge on any atom is -0.363 e. The van der Waals surface area contributed by atoms with Crippen molar-refractivity contribution in [3.05, 3.63) is 35.4 Å². The van der Waals surface area contributed by atoms with E-state index < -0.39 is 29.2 Å². The van der Waals surface area contributed by atoms with E-state index in [-0.39, 0.29) is 12.2 Å². The Morgan fingerprint density at radius 1 is 1.37 bits per heavy atom. The van der Waals surface area contributed by atoms with Crippen molar-refractivity contribution in [2.45, 2.75) is 25.5 Å². The van der Waals surface area contributed by atoms with Gasteiger partial charge in [-0.15, -0.1) is 0 Å². The first-order valence-corrected chi connectivity index (χ1v) is 5.65. The normalized spacial score (nSPS) is 22.4. The highest BCUT2D eigenvalue weighted by atomic mass is 19.2. The van der Waals surface area contributed by atoms with E-state index in [2.05, 4.69) is 0 Å². The molecule has 0 bridgehead atoms. The molecule has 1 unspecified atom stereocenters. The lowest BCUT2D eigenvalue weighted by atomic mass is 9.89. The molecule has 4 nitrogen and oxygen atoms in total. The third-order valence-corrected chi connectivity index (χ3v) is 3.11. The topological polar surface area (TPSA) is 46.6 Å². The fraction of sp³-hybridized carbons (Fsp3) is 0.385. The maximum Gasteiger partial charge on any atom is 0.319 e. The molecule has 1 aliphatic heterocycles. The van der Waals surface area contributed by atoms with Crippen molar-refractivity contribution < 1.29 is 23.1 Å². The van der Waals surface area contributed by atoms with Crippen LogP contribution in [-0.2, 0) is 14.3 Å². The summed E-state index contributed by atoms with van der Waals surface area (Å²) in [6.45, 7) is 3.08. The van der Waals surface area contributed by atoms with Crippen molar-refractivity contribution in [3.63, 3.8) is 0 Å². The van der Waals surface area contributed by atoms with Gasteiger partial charge in [0.2, 0.25) is 0 Å². The van der Waals surface area contributed by atoms with Gasteiger partial charge in [0, 0.05) is 0 Å². The molecule has 1 heterocycles. The van der Waals surface area contributed by atoms with E-state index in [1.54, 1.807) is 13.8 Å². The zero-order valence-corrected chi connectivity index (χ0v) is 10.4. The van der Waals surface area contributed by atoms with Gasteiger partial charge in [-0.05, 0) is 31.5 Å². The third-order valence-electron chi connectivity index (χ3n) is 3.11. The van der Waals surface area contributed by atoms with E-state index in [1.165, 1.54) is 12.5 Å². The van der Waals surface area contributed by atoms with Gasteiger partial charge in [0.15, 0.2) is 11.6 Å². The smallest absolute Gasteiger partial charge is 0.319 e. The fourth-order valence-corrected chi connectivity index (χ4v) is 2.19. The molecule has 0 N–H and O–H groups in total. The number of benzene rings is 1. The average molecular weight is 268 g/mol. The van der Waals surface area contributed by atoms with E-state index in [4.69, 9.17) is 4.74 Å². The SMILES string of the molecule is CC1(C)OCC(=O)N([C]=O)C1c1ccc(F)c(F)c1. The second-order valence-electron chi connectivity index (χ2n) is 4.82. The monoisotopic (exact) mass is 268 g/mol. The number of hydrogen-bond donors (Lipinski definition) is 0.